The molecule has 1 saturated heterocycles. The smallest absolute Gasteiger partial charge is 0.316 e. The van der Waals surface area contributed by atoms with Crippen molar-refractivity contribution in [2.45, 2.75) is 31.9 Å². The molecule has 2 atom stereocenters. The second kappa shape index (κ2) is 2.87. The van der Waals surface area contributed by atoms with Gasteiger partial charge in [0.05, 0.1) is 5.41 Å². The van der Waals surface area contributed by atoms with Crippen LogP contribution in [0.1, 0.15) is 25.7 Å². The van der Waals surface area contributed by atoms with Crippen molar-refractivity contribution in [1.82, 2.24) is 5.32 Å². The summed E-state index contributed by atoms with van der Waals surface area (Å²) in [5.41, 5.74) is -1.38. The number of rotatable bonds is 0. The van der Waals surface area contributed by atoms with E-state index in [1.165, 1.54) is 0 Å². The van der Waals surface area contributed by atoms with Gasteiger partial charge in [0.2, 0.25) is 0 Å². The summed E-state index contributed by atoms with van der Waals surface area (Å²) in [6, 6.07) is 0. The molecule has 13 heavy (non-hydrogen) atoms. The summed E-state index contributed by atoms with van der Waals surface area (Å²) in [6.45, 7) is 0.695. The monoisotopic (exact) mass is 193 g/mol. The van der Waals surface area contributed by atoms with Gasteiger partial charge in [-0.1, -0.05) is 12.8 Å². The minimum atomic E-state index is -4.01. The first kappa shape index (κ1) is 9.31. The second-order valence-electron chi connectivity index (χ2n) is 4.23. The summed E-state index contributed by atoms with van der Waals surface area (Å²) in [6.07, 6.45) is -1.25. The lowest BCUT2D eigenvalue weighted by Crippen LogP contribution is -2.46. The topological polar surface area (TPSA) is 12.0 Å². The molecular formula is C9H14F3N. The van der Waals surface area contributed by atoms with Crippen LogP contribution in [0.25, 0.3) is 0 Å². The van der Waals surface area contributed by atoms with Crippen LogP contribution in [0.4, 0.5) is 13.2 Å². The van der Waals surface area contributed by atoms with E-state index in [0.717, 1.165) is 19.3 Å². The molecule has 76 valence electrons. The highest BCUT2D eigenvalue weighted by atomic mass is 19.4. The SMILES string of the molecule is FC(F)(F)[C@@]12CCCC[C@@H]1CNC2. The average Bonchev–Trinajstić information content (AvgIpc) is 2.46. The molecule has 0 aromatic carbocycles. The molecule has 0 aromatic heterocycles. The van der Waals surface area contributed by atoms with Crippen molar-refractivity contribution in [3.63, 3.8) is 0 Å². The summed E-state index contributed by atoms with van der Waals surface area (Å²) in [7, 11) is 0. The molecule has 0 spiro atoms. The third-order valence-electron chi connectivity index (χ3n) is 3.60. The van der Waals surface area contributed by atoms with Crippen LogP contribution < -0.4 is 5.32 Å². The van der Waals surface area contributed by atoms with Gasteiger partial charge in [-0.3, -0.25) is 0 Å². The predicted molar refractivity (Wildman–Crippen MR) is 43.3 cm³/mol. The van der Waals surface area contributed by atoms with E-state index in [0.29, 0.717) is 13.0 Å². The quantitative estimate of drug-likeness (QED) is 0.622. The molecule has 1 heterocycles. The second-order valence-corrected chi connectivity index (χ2v) is 4.23. The normalized spacial score (nSPS) is 40.4. The fourth-order valence-corrected chi connectivity index (χ4v) is 2.78. The summed E-state index contributed by atoms with van der Waals surface area (Å²) in [5, 5.41) is 2.89. The average molecular weight is 193 g/mol. The number of hydrogen-bond acceptors (Lipinski definition) is 1. The van der Waals surface area contributed by atoms with E-state index in [4.69, 9.17) is 0 Å². The Hall–Kier alpha value is -0.250. The molecule has 1 aliphatic carbocycles. The maximum atomic E-state index is 12.8. The van der Waals surface area contributed by atoms with Crippen molar-refractivity contribution in [1.29, 1.82) is 0 Å². The molecule has 1 N–H and O–H groups in total. The first-order valence-electron chi connectivity index (χ1n) is 4.84. The van der Waals surface area contributed by atoms with Crippen LogP contribution in [0.15, 0.2) is 0 Å². The molecule has 2 rings (SSSR count). The van der Waals surface area contributed by atoms with Gasteiger partial charge in [0.15, 0.2) is 0 Å². The fourth-order valence-electron chi connectivity index (χ4n) is 2.78. The lowest BCUT2D eigenvalue weighted by atomic mass is 9.68. The molecule has 2 aliphatic rings. The molecule has 0 amide bonds. The van der Waals surface area contributed by atoms with Crippen molar-refractivity contribution >= 4 is 0 Å². The Bertz CT molecular complexity index is 202. The molecule has 1 aliphatic heterocycles. The van der Waals surface area contributed by atoms with Gasteiger partial charge in [0.25, 0.3) is 0 Å². The molecule has 1 nitrogen and oxygen atoms in total. The van der Waals surface area contributed by atoms with Gasteiger partial charge in [-0.2, -0.15) is 13.2 Å². The molecule has 0 bridgehead atoms. The van der Waals surface area contributed by atoms with Gasteiger partial charge < -0.3 is 5.32 Å². The zero-order chi connectivity index (χ0) is 9.53. The number of alkyl halides is 3. The van der Waals surface area contributed by atoms with Crippen LogP contribution >= 0.6 is 0 Å². The Balaban J connectivity index is 2.26. The van der Waals surface area contributed by atoms with Gasteiger partial charge in [0.1, 0.15) is 0 Å². The van der Waals surface area contributed by atoms with Crippen molar-refractivity contribution < 1.29 is 13.2 Å². The Labute approximate surface area is 75.7 Å². The van der Waals surface area contributed by atoms with Crippen molar-refractivity contribution in [3.8, 4) is 0 Å². The van der Waals surface area contributed by atoms with E-state index in [1.54, 1.807) is 0 Å². The van der Waals surface area contributed by atoms with Gasteiger partial charge in [-0.25, -0.2) is 0 Å². The van der Waals surface area contributed by atoms with Crippen LogP contribution in [0, 0.1) is 11.3 Å². The van der Waals surface area contributed by atoms with Crippen molar-refractivity contribution in [3.05, 3.63) is 0 Å². The Morgan fingerprint density at radius 1 is 1.23 bits per heavy atom. The van der Waals surface area contributed by atoms with Crippen LogP contribution in [0.2, 0.25) is 0 Å². The molecule has 1 saturated carbocycles. The van der Waals surface area contributed by atoms with Gasteiger partial charge in [-0.05, 0) is 25.3 Å². The summed E-state index contributed by atoms with van der Waals surface area (Å²) in [4.78, 5) is 0. The number of hydrogen-bond donors (Lipinski definition) is 1. The van der Waals surface area contributed by atoms with E-state index in [-0.39, 0.29) is 12.5 Å². The maximum absolute atomic E-state index is 12.8. The predicted octanol–water partition coefficient (Wildman–Crippen LogP) is 2.33. The van der Waals surface area contributed by atoms with Gasteiger partial charge >= 0.3 is 6.18 Å². The van der Waals surface area contributed by atoms with Gasteiger partial charge in [0, 0.05) is 6.54 Å². The molecule has 4 heteroatoms. The molecule has 2 fully saturated rings. The first-order chi connectivity index (χ1) is 6.06. The molecule has 0 radical (unpaired) electrons. The van der Waals surface area contributed by atoms with Gasteiger partial charge in [-0.15, -0.1) is 0 Å². The molecular weight excluding hydrogens is 179 g/mol. The first-order valence-corrected chi connectivity index (χ1v) is 4.84. The van der Waals surface area contributed by atoms with E-state index in [9.17, 15) is 13.2 Å². The highest BCUT2D eigenvalue weighted by molar-refractivity contribution is 5.01. The van der Waals surface area contributed by atoms with Crippen LogP contribution in [0.3, 0.4) is 0 Å². The Kier molecular flexibility index (Phi) is 2.06. The van der Waals surface area contributed by atoms with E-state index in [1.807, 2.05) is 0 Å². The molecule has 0 unspecified atom stereocenters. The summed E-state index contributed by atoms with van der Waals surface area (Å²) in [5.74, 6) is -0.166. The zero-order valence-corrected chi connectivity index (χ0v) is 7.45. The minimum Gasteiger partial charge on any atom is -0.316 e. The maximum Gasteiger partial charge on any atom is 0.396 e. The number of nitrogens with one attached hydrogen (secondary N) is 1. The zero-order valence-electron chi connectivity index (χ0n) is 7.45. The lowest BCUT2D eigenvalue weighted by molar-refractivity contribution is -0.239. The van der Waals surface area contributed by atoms with Crippen molar-refractivity contribution in [2.75, 3.05) is 13.1 Å². The third kappa shape index (κ3) is 1.26. The summed E-state index contributed by atoms with van der Waals surface area (Å²) < 4.78 is 38.5. The highest BCUT2D eigenvalue weighted by Gasteiger charge is 2.61. The van der Waals surface area contributed by atoms with Crippen LogP contribution in [-0.4, -0.2) is 19.3 Å². The summed E-state index contributed by atoms with van der Waals surface area (Å²) >= 11 is 0. The largest absolute Gasteiger partial charge is 0.396 e. The van der Waals surface area contributed by atoms with E-state index in [2.05, 4.69) is 5.32 Å². The number of halogens is 3. The number of fused-ring (bicyclic) bond motifs is 1. The van der Waals surface area contributed by atoms with Crippen LogP contribution in [-0.2, 0) is 0 Å². The van der Waals surface area contributed by atoms with Crippen LogP contribution in [0.5, 0.6) is 0 Å². The highest BCUT2D eigenvalue weighted by Crippen LogP contribution is 2.53. The fraction of sp³-hybridized carbons (Fsp3) is 1.00. The van der Waals surface area contributed by atoms with Crippen molar-refractivity contribution in [2.24, 2.45) is 11.3 Å². The third-order valence-corrected chi connectivity index (χ3v) is 3.60. The molecule has 0 aromatic rings. The standard InChI is InChI=1S/C9H14F3N/c10-9(11,12)8-4-2-1-3-7(8)5-13-6-8/h7,13H,1-6H2/t7-,8-/m1/s1. The Morgan fingerprint density at radius 2 is 2.00 bits per heavy atom. The minimum absolute atomic E-state index is 0.140. The van der Waals surface area contributed by atoms with E-state index >= 15 is 0 Å². The van der Waals surface area contributed by atoms with E-state index < -0.39 is 11.6 Å². The lowest BCUT2D eigenvalue weighted by Gasteiger charge is -2.39. The Morgan fingerprint density at radius 3 is 2.62 bits per heavy atom.